The molecule has 1 aliphatic heterocycles. The van der Waals surface area contributed by atoms with Crippen LogP contribution in [0.5, 0.6) is 0 Å². The van der Waals surface area contributed by atoms with E-state index in [-0.39, 0.29) is 0 Å². The van der Waals surface area contributed by atoms with Crippen LogP contribution in [0.25, 0.3) is 11.2 Å². The summed E-state index contributed by atoms with van der Waals surface area (Å²) in [6.07, 6.45) is 8.95. The molecule has 0 spiro atoms. The van der Waals surface area contributed by atoms with Gasteiger partial charge in [0.25, 0.3) is 0 Å². The third-order valence-corrected chi connectivity index (χ3v) is 4.26. The molecule has 7 heteroatoms. The highest BCUT2D eigenvalue weighted by atomic mass is 15.3. The molecular formula is C15H19N7. The molecule has 22 heavy (non-hydrogen) atoms. The minimum Gasteiger partial charge on any atom is -0.364 e. The summed E-state index contributed by atoms with van der Waals surface area (Å²) >= 11 is 0. The van der Waals surface area contributed by atoms with E-state index >= 15 is 0 Å². The number of hydrogen-bond donors (Lipinski definition) is 1. The van der Waals surface area contributed by atoms with Gasteiger partial charge in [-0.05, 0) is 26.2 Å². The Hall–Kier alpha value is -2.44. The summed E-state index contributed by atoms with van der Waals surface area (Å²) < 4.78 is 4.14. The quantitative estimate of drug-likeness (QED) is 0.797. The van der Waals surface area contributed by atoms with Crippen molar-refractivity contribution in [3.05, 3.63) is 30.1 Å². The standard InChI is InChI=1S/C15H19N7/c1-2-21-10-19-13-14(17-9-18-15(13)21)16-7-11-8-20-22-6-4-3-5-12(11)22/h8-10H,2-7H2,1H3,(H,16,17,18). The fraction of sp³-hybridized carbons (Fsp3) is 0.467. The number of nitrogens with zero attached hydrogens (tertiary/aromatic N) is 6. The van der Waals surface area contributed by atoms with Crippen LogP contribution in [0.15, 0.2) is 18.9 Å². The number of imidazole rings is 1. The van der Waals surface area contributed by atoms with Crippen molar-refractivity contribution in [2.24, 2.45) is 0 Å². The molecule has 0 aliphatic carbocycles. The van der Waals surface area contributed by atoms with Crippen LogP contribution in [-0.4, -0.2) is 29.3 Å². The lowest BCUT2D eigenvalue weighted by Crippen LogP contribution is -2.13. The number of hydrogen-bond acceptors (Lipinski definition) is 5. The van der Waals surface area contributed by atoms with E-state index in [2.05, 4.69) is 37.0 Å². The second-order valence-corrected chi connectivity index (χ2v) is 5.58. The van der Waals surface area contributed by atoms with E-state index in [4.69, 9.17) is 0 Å². The summed E-state index contributed by atoms with van der Waals surface area (Å²) in [6.45, 7) is 4.69. The SMILES string of the molecule is CCn1cnc2c(NCc3cnn4c3CCCC4)ncnc21. The molecule has 3 aromatic rings. The van der Waals surface area contributed by atoms with Crippen LogP contribution < -0.4 is 5.32 Å². The van der Waals surface area contributed by atoms with Gasteiger partial charge in [-0.15, -0.1) is 0 Å². The lowest BCUT2D eigenvalue weighted by molar-refractivity contribution is 0.484. The molecule has 0 amide bonds. The zero-order valence-electron chi connectivity index (χ0n) is 12.7. The smallest absolute Gasteiger partial charge is 0.165 e. The van der Waals surface area contributed by atoms with Crippen LogP contribution >= 0.6 is 0 Å². The van der Waals surface area contributed by atoms with Crippen LogP contribution in [0.3, 0.4) is 0 Å². The fourth-order valence-electron chi connectivity index (χ4n) is 3.05. The van der Waals surface area contributed by atoms with E-state index in [0.717, 1.165) is 43.0 Å². The van der Waals surface area contributed by atoms with Crippen LogP contribution in [0.1, 0.15) is 31.0 Å². The summed E-state index contributed by atoms with van der Waals surface area (Å²) in [6, 6.07) is 0. The van der Waals surface area contributed by atoms with Gasteiger partial charge in [0.05, 0.1) is 12.5 Å². The van der Waals surface area contributed by atoms with Gasteiger partial charge in [0.2, 0.25) is 0 Å². The van der Waals surface area contributed by atoms with Gasteiger partial charge in [-0.25, -0.2) is 15.0 Å². The number of nitrogens with one attached hydrogen (secondary N) is 1. The highest BCUT2D eigenvalue weighted by Gasteiger charge is 2.15. The van der Waals surface area contributed by atoms with Gasteiger partial charge < -0.3 is 9.88 Å². The van der Waals surface area contributed by atoms with Gasteiger partial charge in [0.15, 0.2) is 11.5 Å². The third-order valence-electron chi connectivity index (χ3n) is 4.26. The van der Waals surface area contributed by atoms with Crippen molar-refractivity contribution in [1.82, 2.24) is 29.3 Å². The first-order chi connectivity index (χ1) is 10.9. The highest BCUT2D eigenvalue weighted by Crippen LogP contribution is 2.21. The normalized spacial score (nSPS) is 14.2. The Morgan fingerprint density at radius 2 is 2.18 bits per heavy atom. The van der Waals surface area contributed by atoms with Crippen molar-refractivity contribution in [3.8, 4) is 0 Å². The number of aryl methyl sites for hydroxylation is 2. The fourth-order valence-corrected chi connectivity index (χ4v) is 3.05. The first-order valence-corrected chi connectivity index (χ1v) is 7.80. The summed E-state index contributed by atoms with van der Waals surface area (Å²) in [5, 5.41) is 7.87. The maximum absolute atomic E-state index is 4.47. The van der Waals surface area contributed by atoms with Crippen LogP contribution in [0.2, 0.25) is 0 Å². The molecule has 0 radical (unpaired) electrons. The Bertz CT molecular complexity index is 801. The van der Waals surface area contributed by atoms with E-state index in [9.17, 15) is 0 Å². The first-order valence-electron chi connectivity index (χ1n) is 7.80. The van der Waals surface area contributed by atoms with E-state index in [0.29, 0.717) is 0 Å². The second kappa shape index (κ2) is 5.40. The summed E-state index contributed by atoms with van der Waals surface area (Å²) in [7, 11) is 0. The second-order valence-electron chi connectivity index (χ2n) is 5.58. The Labute approximate surface area is 128 Å². The molecule has 0 saturated carbocycles. The lowest BCUT2D eigenvalue weighted by Gasteiger charge is -2.15. The van der Waals surface area contributed by atoms with Crippen LogP contribution in [0.4, 0.5) is 5.82 Å². The number of aromatic nitrogens is 6. The molecular weight excluding hydrogens is 278 g/mol. The molecule has 3 aromatic heterocycles. The zero-order valence-corrected chi connectivity index (χ0v) is 12.7. The summed E-state index contributed by atoms with van der Waals surface area (Å²) in [5.74, 6) is 0.785. The molecule has 4 heterocycles. The van der Waals surface area contributed by atoms with Gasteiger partial charge in [-0.1, -0.05) is 0 Å². The molecule has 0 saturated heterocycles. The van der Waals surface area contributed by atoms with Gasteiger partial charge in [-0.2, -0.15) is 5.10 Å². The van der Waals surface area contributed by atoms with Crippen molar-refractivity contribution in [2.45, 2.75) is 45.8 Å². The molecule has 1 aliphatic rings. The van der Waals surface area contributed by atoms with Crippen molar-refractivity contribution >= 4 is 17.0 Å². The molecule has 0 aromatic carbocycles. The van der Waals surface area contributed by atoms with E-state index in [1.165, 1.54) is 24.1 Å². The predicted octanol–water partition coefficient (Wildman–Crippen LogP) is 1.99. The van der Waals surface area contributed by atoms with Crippen LogP contribution in [-0.2, 0) is 26.1 Å². The molecule has 7 nitrogen and oxygen atoms in total. The summed E-state index contributed by atoms with van der Waals surface area (Å²) in [5.41, 5.74) is 4.30. The third kappa shape index (κ3) is 2.13. The zero-order chi connectivity index (χ0) is 14.9. The van der Waals surface area contributed by atoms with E-state index < -0.39 is 0 Å². The summed E-state index contributed by atoms with van der Waals surface area (Å²) in [4.78, 5) is 13.1. The van der Waals surface area contributed by atoms with Gasteiger partial charge in [0.1, 0.15) is 11.8 Å². The van der Waals surface area contributed by atoms with Gasteiger partial charge >= 0.3 is 0 Å². The maximum Gasteiger partial charge on any atom is 0.165 e. The van der Waals surface area contributed by atoms with Crippen LogP contribution in [0, 0.1) is 0 Å². The van der Waals surface area contributed by atoms with Crippen molar-refractivity contribution in [1.29, 1.82) is 0 Å². The maximum atomic E-state index is 4.47. The van der Waals surface area contributed by atoms with Crippen molar-refractivity contribution < 1.29 is 0 Å². The lowest BCUT2D eigenvalue weighted by atomic mass is 10.1. The molecule has 0 atom stereocenters. The van der Waals surface area contributed by atoms with Gasteiger partial charge in [-0.3, -0.25) is 4.68 Å². The molecule has 0 bridgehead atoms. The number of anilines is 1. The average molecular weight is 297 g/mol. The molecule has 0 unspecified atom stereocenters. The van der Waals surface area contributed by atoms with E-state index in [1.807, 2.05) is 17.1 Å². The van der Waals surface area contributed by atoms with Gasteiger partial charge in [0, 0.05) is 30.9 Å². The Kier molecular flexibility index (Phi) is 3.25. The molecule has 4 rings (SSSR count). The molecule has 0 fully saturated rings. The Balaban J connectivity index is 1.59. The highest BCUT2D eigenvalue weighted by molar-refractivity contribution is 5.82. The van der Waals surface area contributed by atoms with Crippen molar-refractivity contribution in [2.75, 3.05) is 5.32 Å². The number of fused-ring (bicyclic) bond motifs is 2. The monoisotopic (exact) mass is 297 g/mol. The largest absolute Gasteiger partial charge is 0.364 e. The average Bonchev–Trinajstić information content (AvgIpc) is 3.17. The predicted molar refractivity (Wildman–Crippen MR) is 83.5 cm³/mol. The minimum atomic E-state index is 0.723. The first kappa shape index (κ1) is 13.2. The van der Waals surface area contributed by atoms with Crippen molar-refractivity contribution in [3.63, 3.8) is 0 Å². The topological polar surface area (TPSA) is 73.5 Å². The molecule has 114 valence electrons. The number of rotatable bonds is 4. The Morgan fingerprint density at radius 3 is 3.09 bits per heavy atom. The van der Waals surface area contributed by atoms with E-state index in [1.54, 1.807) is 6.33 Å². The Morgan fingerprint density at radius 1 is 1.23 bits per heavy atom. The molecule has 1 N–H and O–H groups in total. The minimum absolute atomic E-state index is 0.723.